The van der Waals surface area contributed by atoms with E-state index >= 15 is 0 Å². The Hall–Kier alpha value is -0.790. The monoisotopic (exact) mass is 155 g/mol. The Kier molecular flexibility index (Phi) is 4.59. The molecule has 11 heavy (non-hydrogen) atoms. The highest BCUT2D eigenvalue weighted by molar-refractivity contribution is 5.83. The predicted molar refractivity (Wildman–Crippen MR) is 42.8 cm³/mol. The molecule has 0 unspecified atom stereocenters. The Labute approximate surface area is 67.9 Å². The molecule has 0 aliphatic carbocycles. The van der Waals surface area contributed by atoms with Gasteiger partial charge in [0, 0.05) is 0 Å². The summed E-state index contributed by atoms with van der Waals surface area (Å²) >= 11 is 0. The maximum atomic E-state index is 10.3. The van der Waals surface area contributed by atoms with Gasteiger partial charge in [0.25, 0.3) is 0 Å². The number of hydrogen-bond donors (Lipinski definition) is 0. The van der Waals surface area contributed by atoms with E-state index in [0.29, 0.717) is 12.3 Å². The van der Waals surface area contributed by atoms with Gasteiger partial charge in [0.1, 0.15) is 0 Å². The molecule has 0 aromatic carbocycles. The molecule has 0 N–H and O–H groups in total. The van der Waals surface area contributed by atoms with Crippen LogP contribution in [0.25, 0.3) is 0 Å². The lowest BCUT2D eigenvalue weighted by Gasteiger charge is -2.14. The fourth-order valence-corrected chi connectivity index (χ4v) is 1.01. The van der Waals surface area contributed by atoms with Crippen LogP contribution in [0.15, 0.2) is 12.2 Å². The van der Waals surface area contributed by atoms with Gasteiger partial charge >= 0.3 is 0 Å². The first-order valence-electron chi connectivity index (χ1n) is 4.00. The average Bonchev–Trinajstić information content (AvgIpc) is 1.99. The molecule has 0 rings (SSSR count). The lowest BCUT2D eigenvalue weighted by Crippen LogP contribution is -2.24. The first-order valence-corrected chi connectivity index (χ1v) is 4.00. The van der Waals surface area contributed by atoms with E-state index in [4.69, 9.17) is 0 Å². The summed E-state index contributed by atoms with van der Waals surface area (Å²) in [6, 6.07) is 0. The van der Waals surface area contributed by atoms with Gasteiger partial charge in [-0.05, 0) is 17.9 Å². The number of carbonyl (C=O) groups is 1. The first-order chi connectivity index (χ1) is 5.11. The van der Waals surface area contributed by atoms with Gasteiger partial charge in [-0.1, -0.05) is 33.3 Å². The number of hydrogen-bond acceptors (Lipinski definition) is 2. The highest BCUT2D eigenvalue weighted by Gasteiger charge is 2.05. The third-order valence-electron chi connectivity index (χ3n) is 1.98. The van der Waals surface area contributed by atoms with Gasteiger partial charge in [0.2, 0.25) is 0 Å². The van der Waals surface area contributed by atoms with Crippen molar-refractivity contribution in [3.8, 4) is 0 Å². The van der Waals surface area contributed by atoms with Crippen LogP contribution in [0.4, 0.5) is 0 Å². The van der Waals surface area contributed by atoms with E-state index < -0.39 is 5.97 Å². The smallest absolute Gasteiger partial charge is 0.0669 e. The molecule has 0 bridgehead atoms. The lowest BCUT2D eigenvalue weighted by molar-refractivity contribution is -0.299. The number of carbonyl (C=O) groups excluding carboxylic acids is 1. The zero-order chi connectivity index (χ0) is 8.85. The molecule has 0 radical (unpaired) electrons. The van der Waals surface area contributed by atoms with E-state index in [0.717, 1.165) is 12.8 Å². The molecule has 0 heterocycles. The van der Waals surface area contributed by atoms with Crippen molar-refractivity contribution in [2.75, 3.05) is 0 Å². The molecule has 0 atom stereocenters. The minimum absolute atomic E-state index is 0.221. The lowest BCUT2D eigenvalue weighted by atomic mass is 9.95. The van der Waals surface area contributed by atoms with Crippen LogP contribution in [0.1, 0.15) is 33.1 Å². The van der Waals surface area contributed by atoms with Crippen LogP contribution in [0.5, 0.6) is 0 Å². The van der Waals surface area contributed by atoms with E-state index in [9.17, 15) is 9.90 Å². The predicted octanol–water partition coefficient (Wildman–Crippen LogP) is 1.12. The van der Waals surface area contributed by atoms with Gasteiger partial charge in [0.05, 0.1) is 5.97 Å². The molecule has 0 spiro atoms. The molecule has 0 aromatic rings. The van der Waals surface area contributed by atoms with Crippen molar-refractivity contribution in [2.45, 2.75) is 33.1 Å². The Morgan fingerprint density at radius 1 is 1.45 bits per heavy atom. The summed E-state index contributed by atoms with van der Waals surface area (Å²) in [5.74, 6) is -0.669. The van der Waals surface area contributed by atoms with Crippen LogP contribution in [-0.4, -0.2) is 5.97 Å². The fraction of sp³-hybridized carbons (Fsp3) is 0.667. The molecule has 0 saturated heterocycles. The summed E-state index contributed by atoms with van der Waals surface area (Å²) in [6.45, 7) is 7.53. The molecular formula is C9H15O2-. The van der Waals surface area contributed by atoms with Crippen molar-refractivity contribution in [1.82, 2.24) is 0 Å². The molecule has 0 amide bonds. The number of carboxylic acid groups (broad SMARTS) is 1. The van der Waals surface area contributed by atoms with Gasteiger partial charge in [-0.3, -0.25) is 0 Å². The first kappa shape index (κ1) is 10.2. The van der Waals surface area contributed by atoms with Crippen molar-refractivity contribution >= 4 is 5.97 Å². The summed E-state index contributed by atoms with van der Waals surface area (Å²) in [5.41, 5.74) is 0.221. The standard InChI is InChI=1S/C9H16O2/c1-4-8(5-2)6-7(3)9(10)11/h8H,3-6H2,1-2H3,(H,10,11)/p-1. The molecule has 0 aliphatic heterocycles. The van der Waals surface area contributed by atoms with E-state index in [2.05, 4.69) is 20.4 Å². The van der Waals surface area contributed by atoms with Crippen molar-refractivity contribution in [1.29, 1.82) is 0 Å². The minimum Gasteiger partial charge on any atom is -0.545 e. The van der Waals surface area contributed by atoms with Crippen LogP contribution in [0.2, 0.25) is 0 Å². The van der Waals surface area contributed by atoms with Gasteiger partial charge in [0.15, 0.2) is 0 Å². The van der Waals surface area contributed by atoms with Crippen molar-refractivity contribution in [3.63, 3.8) is 0 Å². The Morgan fingerprint density at radius 2 is 1.91 bits per heavy atom. The second-order valence-corrected chi connectivity index (χ2v) is 2.78. The van der Waals surface area contributed by atoms with Crippen LogP contribution in [-0.2, 0) is 4.79 Å². The molecule has 64 valence electrons. The molecule has 0 aliphatic rings. The number of carboxylic acids is 1. The molecule has 0 fully saturated rings. The quantitative estimate of drug-likeness (QED) is 0.558. The Morgan fingerprint density at radius 3 is 2.18 bits per heavy atom. The summed E-state index contributed by atoms with van der Waals surface area (Å²) in [4.78, 5) is 10.3. The SMILES string of the molecule is C=C(CC(CC)CC)C(=O)[O-]. The molecule has 0 saturated carbocycles. The Balaban J connectivity index is 3.81. The van der Waals surface area contributed by atoms with Gasteiger partial charge in [-0.2, -0.15) is 0 Å². The maximum Gasteiger partial charge on any atom is 0.0669 e. The number of rotatable bonds is 5. The largest absolute Gasteiger partial charge is 0.545 e. The second kappa shape index (κ2) is 4.94. The van der Waals surface area contributed by atoms with E-state index in [1.54, 1.807) is 0 Å². The van der Waals surface area contributed by atoms with E-state index in [-0.39, 0.29) is 5.57 Å². The van der Waals surface area contributed by atoms with Crippen LogP contribution >= 0.6 is 0 Å². The highest BCUT2D eigenvalue weighted by atomic mass is 16.4. The van der Waals surface area contributed by atoms with Crippen LogP contribution in [0.3, 0.4) is 0 Å². The fourth-order valence-electron chi connectivity index (χ4n) is 1.01. The minimum atomic E-state index is -1.11. The van der Waals surface area contributed by atoms with E-state index in [1.165, 1.54) is 0 Å². The van der Waals surface area contributed by atoms with Gasteiger partial charge in [-0.15, -0.1) is 0 Å². The number of aliphatic carboxylic acids is 1. The summed E-state index contributed by atoms with van der Waals surface area (Å²) in [6.07, 6.45) is 2.57. The normalized spacial score (nSPS) is 10.1. The van der Waals surface area contributed by atoms with Crippen molar-refractivity contribution in [2.24, 2.45) is 5.92 Å². The summed E-state index contributed by atoms with van der Waals surface area (Å²) in [5, 5.41) is 10.3. The maximum absolute atomic E-state index is 10.3. The van der Waals surface area contributed by atoms with Gasteiger partial charge < -0.3 is 9.90 Å². The summed E-state index contributed by atoms with van der Waals surface area (Å²) in [7, 11) is 0. The van der Waals surface area contributed by atoms with Crippen molar-refractivity contribution < 1.29 is 9.90 Å². The zero-order valence-electron chi connectivity index (χ0n) is 7.22. The van der Waals surface area contributed by atoms with Crippen LogP contribution in [0, 0.1) is 5.92 Å². The molecule has 0 aromatic heterocycles. The average molecular weight is 155 g/mol. The van der Waals surface area contributed by atoms with E-state index in [1.807, 2.05) is 0 Å². The highest BCUT2D eigenvalue weighted by Crippen LogP contribution is 2.16. The zero-order valence-corrected chi connectivity index (χ0v) is 7.22. The van der Waals surface area contributed by atoms with Crippen LogP contribution < -0.4 is 5.11 Å². The third kappa shape index (κ3) is 3.81. The topological polar surface area (TPSA) is 40.1 Å². The van der Waals surface area contributed by atoms with Crippen molar-refractivity contribution in [3.05, 3.63) is 12.2 Å². The summed E-state index contributed by atoms with van der Waals surface area (Å²) < 4.78 is 0. The Bertz CT molecular complexity index is 146. The molecule has 2 nitrogen and oxygen atoms in total. The molecular weight excluding hydrogens is 140 g/mol. The third-order valence-corrected chi connectivity index (χ3v) is 1.98. The second-order valence-electron chi connectivity index (χ2n) is 2.78. The molecule has 2 heteroatoms. The van der Waals surface area contributed by atoms with Gasteiger partial charge in [-0.25, -0.2) is 0 Å².